The molecule has 0 amide bonds. The number of aryl methyl sites for hydroxylation is 1. The van der Waals surface area contributed by atoms with Gasteiger partial charge >= 0.3 is 0 Å². The second-order valence-corrected chi connectivity index (χ2v) is 5.69. The maximum Gasteiger partial charge on any atom is 0.168 e. The smallest absolute Gasteiger partial charge is 0.168 e. The Bertz CT molecular complexity index is 609. The Morgan fingerprint density at radius 1 is 1.30 bits per heavy atom. The van der Waals surface area contributed by atoms with Crippen molar-refractivity contribution in [3.8, 4) is 0 Å². The van der Waals surface area contributed by atoms with Gasteiger partial charge in [0.1, 0.15) is 0 Å². The molecule has 3 rings (SSSR count). The van der Waals surface area contributed by atoms with Crippen LogP contribution in [-0.4, -0.2) is 15.6 Å². The van der Waals surface area contributed by atoms with E-state index in [1.165, 1.54) is 25.7 Å². The van der Waals surface area contributed by atoms with Gasteiger partial charge in [0.05, 0.1) is 18.2 Å². The third-order valence-corrected chi connectivity index (χ3v) is 4.04. The molecule has 1 aromatic heterocycles. The summed E-state index contributed by atoms with van der Waals surface area (Å²) in [5.41, 5.74) is 2.77. The first kappa shape index (κ1) is 13.1. The molecule has 104 valence electrons. The topological polar surface area (TPSA) is 34.9 Å². The molecular weight excluding hydrogens is 248 g/mol. The molecule has 1 heterocycles. The average Bonchev–Trinajstić information content (AvgIpc) is 3.08. The van der Waals surface area contributed by atoms with Crippen LogP contribution in [0.15, 0.2) is 36.5 Å². The van der Waals surface area contributed by atoms with Gasteiger partial charge in [-0.3, -0.25) is 9.48 Å². The van der Waals surface area contributed by atoms with Gasteiger partial charge in [-0.1, -0.05) is 36.6 Å². The highest BCUT2D eigenvalue weighted by molar-refractivity contribution is 5.97. The van der Waals surface area contributed by atoms with Crippen molar-refractivity contribution in [2.24, 2.45) is 0 Å². The zero-order valence-electron chi connectivity index (χ0n) is 11.9. The predicted octanol–water partition coefficient (Wildman–Crippen LogP) is 3.73. The fraction of sp³-hybridized carbons (Fsp3) is 0.412. The van der Waals surface area contributed by atoms with Crippen LogP contribution in [-0.2, 0) is 6.42 Å². The summed E-state index contributed by atoms with van der Waals surface area (Å²) in [4.78, 5) is 12.2. The minimum atomic E-state index is 0.144. The van der Waals surface area contributed by atoms with E-state index in [1.807, 2.05) is 48.1 Å². The van der Waals surface area contributed by atoms with Gasteiger partial charge in [0.25, 0.3) is 0 Å². The number of aromatic nitrogens is 2. The molecule has 0 atom stereocenters. The lowest BCUT2D eigenvalue weighted by molar-refractivity contribution is 0.0991. The van der Waals surface area contributed by atoms with Crippen LogP contribution in [0.5, 0.6) is 0 Å². The van der Waals surface area contributed by atoms with Crippen molar-refractivity contribution in [3.05, 3.63) is 53.3 Å². The Kier molecular flexibility index (Phi) is 3.68. The molecule has 1 aliphatic carbocycles. The highest BCUT2D eigenvalue weighted by Gasteiger charge is 2.18. The molecule has 0 bridgehead atoms. The first-order chi connectivity index (χ1) is 9.72. The van der Waals surface area contributed by atoms with Gasteiger partial charge in [0, 0.05) is 11.8 Å². The van der Waals surface area contributed by atoms with E-state index in [0.717, 1.165) is 16.8 Å². The minimum absolute atomic E-state index is 0.144. The van der Waals surface area contributed by atoms with E-state index < -0.39 is 0 Å². The fourth-order valence-corrected chi connectivity index (χ4v) is 2.93. The largest absolute Gasteiger partial charge is 0.294 e. The number of Topliss-reactive ketones (excluding diaryl/α,β-unsaturated/α-hetero) is 1. The van der Waals surface area contributed by atoms with Gasteiger partial charge in [-0.05, 0) is 31.9 Å². The third-order valence-electron chi connectivity index (χ3n) is 4.04. The van der Waals surface area contributed by atoms with Crippen LogP contribution in [0.4, 0.5) is 0 Å². The summed E-state index contributed by atoms with van der Waals surface area (Å²) >= 11 is 0. The third kappa shape index (κ3) is 2.82. The summed E-state index contributed by atoms with van der Waals surface area (Å²) in [5.74, 6) is 0.144. The van der Waals surface area contributed by atoms with Crippen LogP contribution < -0.4 is 0 Å². The van der Waals surface area contributed by atoms with Crippen molar-refractivity contribution in [2.75, 3.05) is 0 Å². The van der Waals surface area contributed by atoms with E-state index in [0.29, 0.717) is 12.5 Å². The normalized spacial score (nSPS) is 15.7. The monoisotopic (exact) mass is 268 g/mol. The second kappa shape index (κ2) is 5.61. The molecule has 0 spiro atoms. The molecule has 1 aromatic carbocycles. The molecule has 0 N–H and O–H groups in total. The minimum Gasteiger partial charge on any atom is -0.294 e. The molecule has 3 heteroatoms. The van der Waals surface area contributed by atoms with E-state index in [9.17, 15) is 4.79 Å². The zero-order chi connectivity index (χ0) is 13.9. The van der Waals surface area contributed by atoms with E-state index in [-0.39, 0.29) is 5.78 Å². The molecule has 20 heavy (non-hydrogen) atoms. The van der Waals surface area contributed by atoms with E-state index >= 15 is 0 Å². The standard InChI is InChI=1S/C17H20N2O/c1-13-5-4-6-14(11-13)17(20)12-15-9-10-19(18-15)16-7-2-3-8-16/h4-6,9-11,16H,2-3,7-8,12H2,1H3. The van der Waals surface area contributed by atoms with Gasteiger partial charge in [0.15, 0.2) is 5.78 Å². The predicted molar refractivity (Wildman–Crippen MR) is 78.9 cm³/mol. The Balaban J connectivity index is 1.70. The lowest BCUT2D eigenvalue weighted by atomic mass is 10.0. The SMILES string of the molecule is Cc1cccc(C(=O)Cc2ccn(C3CCCC3)n2)c1. The molecule has 1 saturated carbocycles. The van der Waals surface area contributed by atoms with Crippen LogP contribution in [0.1, 0.15) is 53.3 Å². The van der Waals surface area contributed by atoms with Crippen molar-refractivity contribution in [2.45, 2.75) is 45.1 Å². The maximum absolute atomic E-state index is 12.2. The van der Waals surface area contributed by atoms with Crippen molar-refractivity contribution in [1.29, 1.82) is 0 Å². The van der Waals surface area contributed by atoms with Gasteiger partial charge < -0.3 is 0 Å². The molecular formula is C17H20N2O. The number of benzene rings is 1. The molecule has 0 radical (unpaired) electrons. The molecule has 0 aliphatic heterocycles. The lowest BCUT2D eigenvalue weighted by Crippen LogP contribution is -2.08. The fourth-order valence-electron chi connectivity index (χ4n) is 2.93. The van der Waals surface area contributed by atoms with Gasteiger partial charge in [-0.25, -0.2) is 0 Å². The lowest BCUT2D eigenvalue weighted by Gasteiger charge is -2.08. The Hall–Kier alpha value is -1.90. The number of hydrogen-bond donors (Lipinski definition) is 0. The first-order valence-corrected chi connectivity index (χ1v) is 7.36. The number of nitrogens with zero attached hydrogens (tertiary/aromatic N) is 2. The zero-order valence-corrected chi connectivity index (χ0v) is 11.9. The van der Waals surface area contributed by atoms with Gasteiger partial charge in [-0.15, -0.1) is 0 Å². The molecule has 3 nitrogen and oxygen atoms in total. The van der Waals surface area contributed by atoms with Crippen molar-refractivity contribution in [1.82, 2.24) is 9.78 Å². The summed E-state index contributed by atoms with van der Waals surface area (Å²) < 4.78 is 2.05. The molecule has 0 saturated heterocycles. The Labute approximate surface area is 119 Å². The second-order valence-electron chi connectivity index (χ2n) is 5.69. The summed E-state index contributed by atoms with van der Waals surface area (Å²) in [5, 5.41) is 4.58. The van der Waals surface area contributed by atoms with Crippen LogP contribution in [0.25, 0.3) is 0 Å². The van der Waals surface area contributed by atoms with Crippen LogP contribution in [0.2, 0.25) is 0 Å². The average molecular weight is 268 g/mol. The summed E-state index contributed by atoms with van der Waals surface area (Å²) in [6, 6.07) is 10.3. The summed E-state index contributed by atoms with van der Waals surface area (Å²) in [6.07, 6.45) is 7.43. The number of carbonyl (C=O) groups is 1. The first-order valence-electron chi connectivity index (χ1n) is 7.36. The van der Waals surface area contributed by atoms with Crippen molar-refractivity contribution >= 4 is 5.78 Å². The molecule has 2 aromatic rings. The highest BCUT2D eigenvalue weighted by atomic mass is 16.1. The summed E-state index contributed by atoms with van der Waals surface area (Å²) in [6.45, 7) is 2.01. The highest BCUT2D eigenvalue weighted by Crippen LogP contribution is 2.28. The number of hydrogen-bond acceptors (Lipinski definition) is 2. The van der Waals surface area contributed by atoms with Crippen molar-refractivity contribution in [3.63, 3.8) is 0 Å². The maximum atomic E-state index is 12.2. The Morgan fingerprint density at radius 3 is 2.85 bits per heavy atom. The van der Waals surface area contributed by atoms with Crippen molar-refractivity contribution < 1.29 is 4.79 Å². The van der Waals surface area contributed by atoms with Crippen LogP contribution in [0.3, 0.4) is 0 Å². The van der Waals surface area contributed by atoms with E-state index in [4.69, 9.17) is 0 Å². The Morgan fingerprint density at radius 2 is 2.10 bits per heavy atom. The van der Waals surface area contributed by atoms with Crippen LogP contribution >= 0.6 is 0 Å². The quantitative estimate of drug-likeness (QED) is 0.792. The molecule has 0 unspecified atom stereocenters. The van der Waals surface area contributed by atoms with Crippen LogP contribution in [0, 0.1) is 6.92 Å². The number of ketones is 1. The van der Waals surface area contributed by atoms with Gasteiger partial charge in [-0.2, -0.15) is 5.10 Å². The summed E-state index contributed by atoms with van der Waals surface area (Å²) in [7, 11) is 0. The van der Waals surface area contributed by atoms with E-state index in [2.05, 4.69) is 5.10 Å². The molecule has 1 fully saturated rings. The number of carbonyl (C=O) groups excluding carboxylic acids is 1. The van der Waals surface area contributed by atoms with Gasteiger partial charge in [0.2, 0.25) is 0 Å². The molecule has 1 aliphatic rings. The number of rotatable bonds is 4. The van der Waals surface area contributed by atoms with E-state index in [1.54, 1.807) is 0 Å².